The second-order valence-electron chi connectivity index (χ2n) is 3.33. The highest BCUT2D eigenvalue weighted by molar-refractivity contribution is 5.69. The molecule has 3 heteroatoms. The zero-order valence-electron chi connectivity index (χ0n) is 7.64. The standard InChI is InChI=1S/C8H16O3/c1-8(2,3)11-7(9)5-6-10-4/h5-6H2,1-4H3. The molecule has 0 atom stereocenters. The maximum atomic E-state index is 10.9. The van der Waals surface area contributed by atoms with Gasteiger partial charge in [-0.15, -0.1) is 0 Å². The van der Waals surface area contributed by atoms with Crippen molar-refractivity contribution >= 4 is 5.97 Å². The summed E-state index contributed by atoms with van der Waals surface area (Å²) in [6.07, 6.45) is 0.327. The van der Waals surface area contributed by atoms with Gasteiger partial charge in [0.2, 0.25) is 0 Å². The normalized spacial score (nSPS) is 11.3. The van der Waals surface area contributed by atoms with Gasteiger partial charge in [0.1, 0.15) is 5.60 Å². The molecule has 0 amide bonds. The lowest BCUT2D eigenvalue weighted by atomic mass is 10.2. The maximum Gasteiger partial charge on any atom is 0.308 e. The highest BCUT2D eigenvalue weighted by Crippen LogP contribution is 2.07. The van der Waals surface area contributed by atoms with Crippen LogP contribution in [0, 0.1) is 0 Å². The quantitative estimate of drug-likeness (QED) is 0.585. The van der Waals surface area contributed by atoms with Gasteiger partial charge in [-0.1, -0.05) is 0 Å². The first-order valence-electron chi connectivity index (χ1n) is 3.66. The Labute approximate surface area is 67.7 Å². The number of carbonyl (C=O) groups excluding carboxylic acids is 1. The van der Waals surface area contributed by atoms with Crippen LogP contribution >= 0.6 is 0 Å². The molecule has 0 N–H and O–H groups in total. The minimum atomic E-state index is -0.384. The summed E-state index contributed by atoms with van der Waals surface area (Å²) < 4.78 is 9.75. The molecule has 0 aliphatic rings. The fourth-order valence-corrected chi connectivity index (χ4v) is 0.578. The molecule has 0 unspecified atom stereocenters. The van der Waals surface area contributed by atoms with Crippen LogP contribution in [0.5, 0.6) is 0 Å². The molecule has 0 radical (unpaired) electrons. The molecular weight excluding hydrogens is 144 g/mol. The van der Waals surface area contributed by atoms with Gasteiger partial charge in [0.15, 0.2) is 0 Å². The Morgan fingerprint density at radius 1 is 1.36 bits per heavy atom. The summed E-state index contributed by atoms with van der Waals surface area (Å²) in [5.74, 6) is -0.209. The topological polar surface area (TPSA) is 35.5 Å². The second kappa shape index (κ2) is 4.34. The zero-order valence-corrected chi connectivity index (χ0v) is 7.64. The third kappa shape index (κ3) is 7.33. The van der Waals surface area contributed by atoms with Crippen LogP contribution in [0.4, 0.5) is 0 Å². The molecule has 66 valence electrons. The van der Waals surface area contributed by atoms with Crippen molar-refractivity contribution in [3.05, 3.63) is 0 Å². The van der Waals surface area contributed by atoms with Gasteiger partial charge in [-0.2, -0.15) is 0 Å². The minimum absolute atomic E-state index is 0.209. The number of esters is 1. The molecular formula is C8H16O3. The van der Waals surface area contributed by atoms with Crippen LogP contribution in [0.1, 0.15) is 27.2 Å². The maximum absolute atomic E-state index is 10.9. The summed E-state index contributed by atoms with van der Waals surface area (Å²) in [6, 6.07) is 0. The summed E-state index contributed by atoms with van der Waals surface area (Å²) in [5, 5.41) is 0. The van der Waals surface area contributed by atoms with Crippen molar-refractivity contribution in [3.63, 3.8) is 0 Å². The Hall–Kier alpha value is -0.570. The summed E-state index contributed by atoms with van der Waals surface area (Å²) in [7, 11) is 1.56. The van der Waals surface area contributed by atoms with E-state index in [9.17, 15) is 4.79 Å². The average molecular weight is 160 g/mol. The SMILES string of the molecule is COCCC(=O)OC(C)(C)C. The second-order valence-corrected chi connectivity index (χ2v) is 3.33. The molecule has 0 aromatic heterocycles. The predicted molar refractivity (Wildman–Crippen MR) is 42.3 cm³/mol. The van der Waals surface area contributed by atoms with E-state index in [-0.39, 0.29) is 11.6 Å². The monoisotopic (exact) mass is 160 g/mol. The van der Waals surface area contributed by atoms with E-state index in [1.807, 2.05) is 20.8 Å². The van der Waals surface area contributed by atoms with Crippen LogP contribution in [-0.4, -0.2) is 25.3 Å². The lowest BCUT2D eigenvalue weighted by Gasteiger charge is -2.19. The van der Waals surface area contributed by atoms with Gasteiger partial charge in [-0.05, 0) is 20.8 Å². The molecule has 0 bridgehead atoms. The van der Waals surface area contributed by atoms with Gasteiger partial charge in [-0.25, -0.2) is 0 Å². The molecule has 0 aliphatic carbocycles. The summed E-state index contributed by atoms with van der Waals surface area (Å²) >= 11 is 0. The van der Waals surface area contributed by atoms with Crippen molar-refractivity contribution in [1.29, 1.82) is 0 Å². The van der Waals surface area contributed by atoms with Gasteiger partial charge in [-0.3, -0.25) is 4.79 Å². The van der Waals surface area contributed by atoms with Crippen molar-refractivity contribution < 1.29 is 14.3 Å². The van der Waals surface area contributed by atoms with Gasteiger partial charge >= 0.3 is 5.97 Å². The fourth-order valence-electron chi connectivity index (χ4n) is 0.578. The van der Waals surface area contributed by atoms with Crippen LogP contribution in [0.3, 0.4) is 0 Å². The Balaban J connectivity index is 3.53. The molecule has 0 aromatic rings. The van der Waals surface area contributed by atoms with Crippen molar-refractivity contribution in [2.24, 2.45) is 0 Å². The van der Waals surface area contributed by atoms with Crippen LogP contribution in [0.2, 0.25) is 0 Å². The molecule has 0 spiro atoms. The predicted octanol–water partition coefficient (Wildman–Crippen LogP) is 1.36. The first-order valence-corrected chi connectivity index (χ1v) is 3.66. The van der Waals surface area contributed by atoms with E-state index in [2.05, 4.69) is 0 Å². The summed E-state index contributed by atoms with van der Waals surface area (Å²) in [6.45, 7) is 5.96. The van der Waals surface area contributed by atoms with E-state index < -0.39 is 0 Å². The molecule has 0 aromatic carbocycles. The third-order valence-electron chi connectivity index (χ3n) is 0.930. The molecule has 0 aliphatic heterocycles. The van der Waals surface area contributed by atoms with Gasteiger partial charge in [0, 0.05) is 7.11 Å². The van der Waals surface area contributed by atoms with Crippen molar-refractivity contribution in [2.75, 3.05) is 13.7 Å². The molecule has 3 nitrogen and oxygen atoms in total. The molecule has 11 heavy (non-hydrogen) atoms. The highest BCUT2D eigenvalue weighted by atomic mass is 16.6. The lowest BCUT2D eigenvalue weighted by molar-refractivity contribution is -0.155. The largest absolute Gasteiger partial charge is 0.460 e. The van der Waals surface area contributed by atoms with E-state index in [1.165, 1.54) is 0 Å². The first-order chi connectivity index (χ1) is 4.95. The van der Waals surface area contributed by atoms with Crippen LogP contribution in [-0.2, 0) is 14.3 Å². The number of methoxy groups -OCH3 is 1. The number of hydrogen-bond donors (Lipinski definition) is 0. The number of rotatable bonds is 3. The summed E-state index contributed by atoms with van der Waals surface area (Å²) in [5.41, 5.74) is -0.384. The Morgan fingerprint density at radius 2 is 1.91 bits per heavy atom. The molecule has 0 saturated heterocycles. The van der Waals surface area contributed by atoms with Gasteiger partial charge in [0.05, 0.1) is 13.0 Å². The van der Waals surface area contributed by atoms with Crippen LogP contribution in [0.25, 0.3) is 0 Å². The molecule has 0 saturated carbocycles. The first kappa shape index (κ1) is 10.4. The van der Waals surface area contributed by atoms with Gasteiger partial charge in [0.25, 0.3) is 0 Å². The number of ether oxygens (including phenoxy) is 2. The van der Waals surface area contributed by atoms with E-state index in [0.717, 1.165) is 0 Å². The summed E-state index contributed by atoms with van der Waals surface area (Å²) in [4.78, 5) is 10.9. The molecule has 0 fully saturated rings. The smallest absolute Gasteiger partial charge is 0.308 e. The Bertz CT molecular complexity index is 124. The highest BCUT2D eigenvalue weighted by Gasteiger charge is 2.15. The van der Waals surface area contributed by atoms with Crippen LogP contribution in [0.15, 0.2) is 0 Å². The minimum Gasteiger partial charge on any atom is -0.460 e. The van der Waals surface area contributed by atoms with E-state index in [4.69, 9.17) is 9.47 Å². The lowest BCUT2D eigenvalue weighted by Crippen LogP contribution is -2.24. The molecule has 0 heterocycles. The van der Waals surface area contributed by atoms with Crippen molar-refractivity contribution in [1.82, 2.24) is 0 Å². The Morgan fingerprint density at radius 3 is 2.27 bits per heavy atom. The average Bonchev–Trinajstić information content (AvgIpc) is 1.79. The van der Waals surface area contributed by atoms with Crippen LogP contribution < -0.4 is 0 Å². The van der Waals surface area contributed by atoms with Gasteiger partial charge < -0.3 is 9.47 Å². The third-order valence-corrected chi connectivity index (χ3v) is 0.930. The van der Waals surface area contributed by atoms with E-state index in [0.29, 0.717) is 13.0 Å². The van der Waals surface area contributed by atoms with E-state index in [1.54, 1.807) is 7.11 Å². The van der Waals surface area contributed by atoms with E-state index >= 15 is 0 Å². The van der Waals surface area contributed by atoms with Crippen molar-refractivity contribution in [3.8, 4) is 0 Å². The number of hydrogen-bond acceptors (Lipinski definition) is 3. The molecule has 0 rings (SSSR count). The number of carbonyl (C=O) groups is 1. The Kier molecular flexibility index (Phi) is 4.11. The zero-order chi connectivity index (χ0) is 8.91. The fraction of sp³-hybridized carbons (Fsp3) is 0.875. The van der Waals surface area contributed by atoms with Crippen molar-refractivity contribution in [2.45, 2.75) is 32.8 Å².